The summed E-state index contributed by atoms with van der Waals surface area (Å²) in [6.07, 6.45) is 5.08. The zero-order chi connectivity index (χ0) is 24.1. The molecule has 176 valence electrons. The number of benzene rings is 2. The van der Waals surface area contributed by atoms with E-state index in [0.29, 0.717) is 17.0 Å². The van der Waals surface area contributed by atoms with Gasteiger partial charge in [0.05, 0.1) is 29.2 Å². The number of carbonyl (C=O) groups is 2. The van der Waals surface area contributed by atoms with Crippen LogP contribution < -0.4 is 10.1 Å². The van der Waals surface area contributed by atoms with Gasteiger partial charge in [0.25, 0.3) is 11.6 Å². The second-order valence-electron chi connectivity index (χ2n) is 8.00. The molecule has 0 atom stereocenters. The third-order valence-electron chi connectivity index (χ3n) is 5.70. The second kappa shape index (κ2) is 10.2. The molecular weight excluding hydrogens is 440 g/mol. The molecule has 1 aliphatic carbocycles. The number of hydrogen-bond acceptors (Lipinski definition) is 7. The molecule has 2 aromatic carbocycles. The molecule has 0 bridgehead atoms. The summed E-state index contributed by atoms with van der Waals surface area (Å²) in [7, 11) is 1.42. The zero-order valence-corrected chi connectivity index (χ0v) is 18.6. The van der Waals surface area contributed by atoms with Gasteiger partial charge < -0.3 is 19.2 Å². The molecule has 1 saturated carbocycles. The number of nitrogens with zero attached hydrogens (tertiary/aromatic N) is 1. The van der Waals surface area contributed by atoms with E-state index in [-0.39, 0.29) is 34.8 Å². The first-order valence-electron chi connectivity index (χ1n) is 11.0. The van der Waals surface area contributed by atoms with Crippen molar-refractivity contribution in [3.8, 4) is 17.1 Å². The van der Waals surface area contributed by atoms with Crippen LogP contribution in [-0.4, -0.2) is 30.0 Å². The van der Waals surface area contributed by atoms with E-state index in [2.05, 4.69) is 5.32 Å². The molecule has 9 nitrogen and oxygen atoms in total. The van der Waals surface area contributed by atoms with Gasteiger partial charge in [0.2, 0.25) is 0 Å². The number of carbonyl (C=O) groups excluding carboxylic acids is 2. The SMILES string of the molecule is COc1ccc(-c2ccc(C(=O)Nc3ccc(C(=O)OC4CCCCC4)cc3)o2)c([N+](=O)[O-])c1. The molecule has 0 saturated heterocycles. The summed E-state index contributed by atoms with van der Waals surface area (Å²) in [5.41, 5.74) is 0.908. The molecule has 9 heteroatoms. The predicted octanol–water partition coefficient (Wildman–Crippen LogP) is 5.61. The van der Waals surface area contributed by atoms with E-state index in [1.54, 1.807) is 30.3 Å². The van der Waals surface area contributed by atoms with Crippen molar-refractivity contribution in [2.24, 2.45) is 0 Å². The van der Waals surface area contributed by atoms with E-state index in [0.717, 1.165) is 25.7 Å². The Bertz CT molecular complexity index is 1190. The molecule has 1 aromatic heterocycles. The Balaban J connectivity index is 1.42. The second-order valence-corrected chi connectivity index (χ2v) is 8.00. The largest absolute Gasteiger partial charge is 0.497 e. The van der Waals surface area contributed by atoms with Crippen LogP contribution in [0.1, 0.15) is 53.0 Å². The van der Waals surface area contributed by atoms with Crippen molar-refractivity contribution in [2.75, 3.05) is 12.4 Å². The molecule has 1 amide bonds. The minimum atomic E-state index is -0.541. The van der Waals surface area contributed by atoms with Crippen molar-refractivity contribution in [3.63, 3.8) is 0 Å². The molecule has 1 heterocycles. The zero-order valence-electron chi connectivity index (χ0n) is 18.6. The summed E-state index contributed by atoms with van der Waals surface area (Å²) in [6, 6.07) is 13.7. The van der Waals surface area contributed by atoms with E-state index in [9.17, 15) is 19.7 Å². The van der Waals surface area contributed by atoms with Crippen LogP contribution in [0.3, 0.4) is 0 Å². The molecule has 0 unspecified atom stereocenters. The fourth-order valence-electron chi connectivity index (χ4n) is 3.89. The quantitative estimate of drug-likeness (QED) is 0.274. The van der Waals surface area contributed by atoms with Crippen molar-refractivity contribution in [1.82, 2.24) is 0 Å². The number of nitrogens with one attached hydrogen (secondary N) is 1. The Labute approximate surface area is 195 Å². The molecule has 1 N–H and O–H groups in total. The lowest BCUT2D eigenvalue weighted by molar-refractivity contribution is -0.384. The van der Waals surface area contributed by atoms with Crippen LogP contribution >= 0.6 is 0 Å². The molecule has 4 rings (SSSR count). The van der Waals surface area contributed by atoms with Crippen LogP contribution in [-0.2, 0) is 4.74 Å². The van der Waals surface area contributed by atoms with E-state index >= 15 is 0 Å². The summed E-state index contributed by atoms with van der Waals surface area (Å²) < 4.78 is 16.2. The van der Waals surface area contributed by atoms with Gasteiger partial charge in [-0.05, 0) is 74.2 Å². The molecule has 0 spiro atoms. The minimum Gasteiger partial charge on any atom is -0.497 e. The van der Waals surface area contributed by atoms with E-state index < -0.39 is 10.8 Å². The monoisotopic (exact) mass is 464 g/mol. The van der Waals surface area contributed by atoms with E-state index in [4.69, 9.17) is 13.9 Å². The van der Waals surface area contributed by atoms with Crippen molar-refractivity contribution in [3.05, 3.63) is 76.0 Å². The molecule has 0 radical (unpaired) electrons. The summed E-state index contributed by atoms with van der Waals surface area (Å²) in [4.78, 5) is 35.8. The van der Waals surface area contributed by atoms with Crippen molar-refractivity contribution < 1.29 is 28.4 Å². The van der Waals surface area contributed by atoms with Crippen LogP contribution in [0.4, 0.5) is 11.4 Å². The molecular formula is C25H24N2O7. The molecule has 1 aliphatic rings. The highest BCUT2D eigenvalue weighted by atomic mass is 16.6. The molecule has 0 aliphatic heterocycles. The molecule has 34 heavy (non-hydrogen) atoms. The highest BCUT2D eigenvalue weighted by molar-refractivity contribution is 6.03. The van der Waals surface area contributed by atoms with Crippen molar-refractivity contribution in [1.29, 1.82) is 0 Å². The number of nitro benzene ring substituents is 1. The molecule has 1 fully saturated rings. The number of esters is 1. The maximum Gasteiger partial charge on any atom is 0.338 e. The smallest absolute Gasteiger partial charge is 0.338 e. The number of anilines is 1. The van der Waals surface area contributed by atoms with Gasteiger partial charge in [0.15, 0.2) is 5.76 Å². The normalized spacial score (nSPS) is 13.8. The lowest BCUT2D eigenvalue weighted by Crippen LogP contribution is -2.20. The maximum absolute atomic E-state index is 12.6. The fraction of sp³-hybridized carbons (Fsp3) is 0.280. The van der Waals surface area contributed by atoms with Crippen LogP contribution in [0.5, 0.6) is 5.75 Å². The number of ether oxygens (including phenoxy) is 2. The fourth-order valence-corrected chi connectivity index (χ4v) is 3.89. The van der Waals surface area contributed by atoms with E-state index in [1.165, 1.54) is 37.8 Å². The minimum absolute atomic E-state index is 0.0131. The first-order valence-corrected chi connectivity index (χ1v) is 11.0. The first kappa shape index (κ1) is 23.0. The summed E-state index contributed by atoms with van der Waals surface area (Å²) in [5.74, 6) is -0.395. The average molecular weight is 464 g/mol. The number of methoxy groups -OCH3 is 1. The lowest BCUT2D eigenvalue weighted by Gasteiger charge is -2.21. The van der Waals surface area contributed by atoms with Gasteiger partial charge in [-0.2, -0.15) is 0 Å². The van der Waals surface area contributed by atoms with Crippen molar-refractivity contribution in [2.45, 2.75) is 38.2 Å². The first-order chi connectivity index (χ1) is 16.4. The lowest BCUT2D eigenvalue weighted by atomic mass is 9.98. The Morgan fingerprint density at radius 3 is 2.44 bits per heavy atom. The highest BCUT2D eigenvalue weighted by Crippen LogP contribution is 2.34. The van der Waals surface area contributed by atoms with Crippen molar-refractivity contribution >= 4 is 23.3 Å². The topological polar surface area (TPSA) is 121 Å². The van der Waals surface area contributed by atoms with Crippen LogP contribution in [0.2, 0.25) is 0 Å². The highest BCUT2D eigenvalue weighted by Gasteiger charge is 2.22. The molecule has 3 aromatic rings. The van der Waals surface area contributed by atoms with Gasteiger partial charge >= 0.3 is 5.97 Å². The maximum atomic E-state index is 12.6. The predicted molar refractivity (Wildman–Crippen MR) is 124 cm³/mol. The van der Waals surface area contributed by atoms with Gasteiger partial charge in [-0.1, -0.05) is 6.42 Å². The summed E-state index contributed by atoms with van der Waals surface area (Å²) in [5, 5.41) is 14.1. The number of amides is 1. The average Bonchev–Trinajstić information content (AvgIpc) is 3.35. The number of hydrogen-bond donors (Lipinski definition) is 1. The van der Waals surface area contributed by atoms with Gasteiger partial charge in [0, 0.05) is 5.69 Å². The van der Waals surface area contributed by atoms with Crippen LogP contribution in [0, 0.1) is 10.1 Å². The standard InChI is InChI=1S/C25H24N2O7/c1-32-19-11-12-20(21(15-19)27(30)31)22-13-14-23(34-22)24(28)26-17-9-7-16(8-10-17)25(29)33-18-5-3-2-4-6-18/h7-15,18H,2-6H2,1H3,(H,26,28). The number of nitro groups is 1. The van der Waals surface area contributed by atoms with Crippen LogP contribution in [0.25, 0.3) is 11.3 Å². The third-order valence-corrected chi connectivity index (χ3v) is 5.70. The number of furan rings is 1. The van der Waals surface area contributed by atoms with Gasteiger partial charge in [-0.3, -0.25) is 14.9 Å². The van der Waals surface area contributed by atoms with Crippen LogP contribution in [0.15, 0.2) is 59.0 Å². The van der Waals surface area contributed by atoms with Gasteiger partial charge in [-0.15, -0.1) is 0 Å². The third kappa shape index (κ3) is 5.25. The van der Waals surface area contributed by atoms with E-state index in [1.807, 2.05) is 0 Å². The Morgan fingerprint density at radius 2 is 1.76 bits per heavy atom. The van der Waals surface area contributed by atoms with Gasteiger partial charge in [0.1, 0.15) is 17.6 Å². The summed E-state index contributed by atoms with van der Waals surface area (Å²) >= 11 is 0. The number of rotatable bonds is 7. The Hall–Kier alpha value is -4.14. The Kier molecular flexibility index (Phi) is 6.91. The summed E-state index contributed by atoms with van der Waals surface area (Å²) in [6.45, 7) is 0. The Morgan fingerprint density at radius 1 is 1.03 bits per heavy atom. The van der Waals surface area contributed by atoms with Gasteiger partial charge in [-0.25, -0.2) is 4.79 Å².